The van der Waals surface area contributed by atoms with Crippen LogP contribution in [0.2, 0.25) is 0 Å². The zero-order chi connectivity index (χ0) is 83.1. The number of benzene rings is 17. The molecule has 23 rings (SSSR count). The second-order valence-electron chi connectivity index (χ2n) is 36.5. The third-order valence-electron chi connectivity index (χ3n) is 28.7. The van der Waals surface area contributed by atoms with Crippen molar-refractivity contribution >= 4 is 140 Å². The number of fused-ring (bicyclic) bond motifs is 27. The Labute approximate surface area is 721 Å². The van der Waals surface area contributed by atoms with Gasteiger partial charge in [0.15, 0.2) is 0 Å². The summed E-state index contributed by atoms with van der Waals surface area (Å²) >= 11 is 3.92. The van der Waals surface area contributed by atoms with E-state index in [9.17, 15) is 0 Å². The van der Waals surface area contributed by atoms with Gasteiger partial charge < -0.3 is 0 Å². The Morgan fingerprint density at radius 2 is 0.730 bits per heavy atom. The van der Waals surface area contributed by atoms with Crippen LogP contribution in [0.25, 0.3) is 218 Å². The van der Waals surface area contributed by atoms with Crippen molar-refractivity contribution in [1.82, 2.24) is 0 Å². The minimum absolute atomic E-state index is 0.220. The smallest absolute Gasteiger partial charge is 0.0443 e. The van der Waals surface area contributed by atoms with Gasteiger partial charge in [0.25, 0.3) is 0 Å². The predicted octanol–water partition coefficient (Wildman–Crippen LogP) is 32.9. The second-order valence-corrected chi connectivity index (χ2v) is 38.6. The lowest BCUT2D eigenvalue weighted by molar-refractivity contribution is 0.660. The summed E-state index contributed by atoms with van der Waals surface area (Å²) in [6.45, 7) is 41.1. The fourth-order valence-corrected chi connectivity index (χ4v) is 25.6. The maximum absolute atomic E-state index is 4.60. The predicted molar refractivity (Wildman–Crippen MR) is 533 cm³/mol. The van der Waals surface area contributed by atoms with E-state index in [0.717, 1.165) is 22.3 Å². The van der Waals surface area contributed by atoms with E-state index < -0.39 is 0 Å². The van der Waals surface area contributed by atoms with Crippen molar-refractivity contribution in [1.29, 1.82) is 0 Å². The number of thiophene rings is 2. The van der Waals surface area contributed by atoms with Gasteiger partial charge in [0, 0.05) is 67.6 Å². The Bertz CT molecular complexity index is 8220. The van der Waals surface area contributed by atoms with Crippen LogP contribution in [0.5, 0.6) is 0 Å². The molecule has 4 aliphatic carbocycles. The molecule has 0 radical (unpaired) electrons. The average Bonchev–Trinajstić information content (AvgIpc) is 1.53. The van der Waals surface area contributed by atoms with E-state index in [4.69, 9.17) is 0 Å². The maximum atomic E-state index is 4.60. The fraction of sp³-hybridized carbons (Fsp3) is 0.117. The molecule has 2 aromatic heterocycles. The van der Waals surface area contributed by atoms with Crippen LogP contribution in [0.1, 0.15) is 125 Å². The van der Waals surface area contributed by atoms with Crippen LogP contribution >= 0.6 is 22.7 Å². The van der Waals surface area contributed by atoms with Crippen LogP contribution in [0.15, 0.2) is 330 Å². The normalized spacial score (nSPS) is 15.1. The molecule has 0 aliphatic heterocycles. The standard InChI is InChI=1S/C120H90S2/c1-15-19-32-67(5)107-75(17-3)76(18-4)109(86-38-24-21-35-83(86)107)74-50-55-79-78-53-49-72(62-101(78)118(9,10)102(79)63-74)93-64-97-81-54-48-71(61-103(81)119(11,12)113(97)98-66-106-96(65-94(93)98)82-34-29-30-45-105(82)121-106)77-43-31-44-92-111-89-41-27-28-42-90(89)114-112(116(111)122-115(77)92)91-56-47-70(60-104(91)120(114,13)14)69-46-52-80-95-58-73(51-57-99(95)117(7,8)100(80)59-69)110-87-39-25-22-36-84(87)108(68(6)33-20-16-2)85-37-23-26-40-88(85)110/h15-66H,1-2,5-6H2,3-4,7-14H3/b32-19-,33-20-,75-17+,76-18+. The molecule has 0 N–H and O–H groups in total. The average molecular weight is 1600 g/mol. The number of hydrogen-bond donors (Lipinski definition) is 0. The summed E-state index contributed by atoms with van der Waals surface area (Å²) in [5, 5.41) is 20.3. The third kappa shape index (κ3) is 10.2. The van der Waals surface area contributed by atoms with E-state index in [-0.39, 0.29) is 21.7 Å². The summed E-state index contributed by atoms with van der Waals surface area (Å²) in [5.74, 6) is 0. The molecule has 19 aromatic rings. The molecule has 0 bridgehead atoms. The molecular formula is C120H90S2. The number of rotatable bonds is 11. The third-order valence-corrected chi connectivity index (χ3v) is 31.1. The monoisotopic (exact) mass is 1590 g/mol. The van der Waals surface area contributed by atoms with Crippen molar-refractivity contribution in [2.75, 3.05) is 0 Å². The van der Waals surface area contributed by atoms with Crippen LogP contribution < -0.4 is 10.4 Å². The molecular weight excluding hydrogens is 1510 g/mol. The first-order chi connectivity index (χ1) is 59.2. The van der Waals surface area contributed by atoms with Crippen molar-refractivity contribution in [2.45, 2.75) is 90.9 Å². The van der Waals surface area contributed by atoms with Gasteiger partial charge >= 0.3 is 0 Å². The first kappa shape index (κ1) is 73.8. The van der Waals surface area contributed by atoms with E-state index in [1.165, 1.54) is 249 Å². The van der Waals surface area contributed by atoms with E-state index >= 15 is 0 Å². The summed E-state index contributed by atoms with van der Waals surface area (Å²) in [4.78, 5) is 0. The van der Waals surface area contributed by atoms with Crippen molar-refractivity contribution < 1.29 is 0 Å². The Morgan fingerprint density at radius 3 is 1.36 bits per heavy atom. The second kappa shape index (κ2) is 26.6. The topological polar surface area (TPSA) is 0 Å². The largest absolute Gasteiger partial charge is 0.135 e. The fourth-order valence-electron chi connectivity index (χ4n) is 23.0. The summed E-state index contributed by atoms with van der Waals surface area (Å²) in [6, 6.07) is 104. The molecule has 582 valence electrons. The van der Waals surface area contributed by atoms with Gasteiger partial charge in [-0.05, 0) is 300 Å². The SMILES string of the molecule is C=C/C=C\C(=C)c1c(=C/C)/c(=C\C)c(-c2ccc3c(c2)C(C)(C)c2cc(-c4cc5c(c6cc7sc8ccccc8c7cc46)C(C)(C)c4cc(-c6cccc7c6sc6c8c(c9ccccc9c67)C(C)(C)c6cc(-c7ccc9c(c7)C(C)(C)c7ccc(-c%10c%11ccccc%11c(C(=C)/C=C\C=C)c%11ccccc%10%11)cc7-9)ccc6-8)ccc4-5)ccc2-3)c2ccccc12. The summed E-state index contributed by atoms with van der Waals surface area (Å²) in [7, 11) is 0. The van der Waals surface area contributed by atoms with Crippen molar-refractivity contribution in [2.24, 2.45) is 0 Å². The molecule has 17 aromatic carbocycles. The van der Waals surface area contributed by atoms with Crippen molar-refractivity contribution in [3.05, 3.63) is 396 Å². The van der Waals surface area contributed by atoms with Gasteiger partial charge in [-0.25, -0.2) is 0 Å². The lowest BCUT2D eigenvalue weighted by atomic mass is 9.78. The molecule has 122 heavy (non-hydrogen) atoms. The molecule has 0 saturated heterocycles. The first-order valence-corrected chi connectivity index (χ1v) is 44.7. The van der Waals surface area contributed by atoms with Crippen LogP contribution in [0, 0.1) is 0 Å². The first-order valence-electron chi connectivity index (χ1n) is 43.0. The van der Waals surface area contributed by atoms with Gasteiger partial charge in [-0.1, -0.05) is 337 Å². The highest BCUT2D eigenvalue weighted by atomic mass is 32.1. The van der Waals surface area contributed by atoms with E-state index in [1.54, 1.807) is 0 Å². The zero-order valence-electron chi connectivity index (χ0n) is 70.7. The Hall–Kier alpha value is -13.3. The molecule has 0 amide bonds. The van der Waals surface area contributed by atoms with Crippen molar-refractivity contribution in [3.63, 3.8) is 0 Å². The highest BCUT2D eigenvalue weighted by molar-refractivity contribution is 7.27. The lowest BCUT2D eigenvalue weighted by Crippen LogP contribution is -2.30. The van der Waals surface area contributed by atoms with Crippen molar-refractivity contribution in [3.8, 4) is 100 Å². The minimum atomic E-state index is -0.334. The molecule has 0 fully saturated rings. The molecule has 4 aliphatic rings. The van der Waals surface area contributed by atoms with Gasteiger partial charge in [-0.15, -0.1) is 22.7 Å². The molecule has 0 spiro atoms. The van der Waals surface area contributed by atoms with Gasteiger partial charge in [-0.2, -0.15) is 0 Å². The molecule has 2 heteroatoms. The van der Waals surface area contributed by atoms with Crippen LogP contribution in [0.4, 0.5) is 0 Å². The van der Waals surface area contributed by atoms with E-state index in [1.807, 2.05) is 47.0 Å². The Kier molecular flexibility index (Phi) is 16.1. The number of allylic oxidation sites excluding steroid dienone is 8. The minimum Gasteiger partial charge on any atom is -0.135 e. The Morgan fingerprint density at radius 1 is 0.270 bits per heavy atom. The molecule has 0 unspecified atom stereocenters. The molecule has 0 saturated carbocycles. The quantitative estimate of drug-likeness (QED) is 0.0894. The van der Waals surface area contributed by atoms with Gasteiger partial charge in [0.2, 0.25) is 0 Å². The molecule has 0 atom stereocenters. The highest BCUT2D eigenvalue weighted by Gasteiger charge is 2.44. The molecule has 2 heterocycles. The Balaban J connectivity index is 0.623. The van der Waals surface area contributed by atoms with Gasteiger partial charge in [0.1, 0.15) is 0 Å². The van der Waals surface area contributed by atoms with Gasteiger partial charge in [0.05, 0.1) is 0 Å². The lowest BCUT2D eigenvalue weighted by Gasteiger charge is -2.25. The highest BCUT2D eigenvalue weighted by Crippen LogP contribution is 2.62. The number of hydrogen-bond acceptors (Lipinski definition) is 2. The molecule has 0 nitrogen and oxygen atoms in total. The summed E-state index contributed by atoms with van der Waals surface area (Å²) < 4.78 is 5.34. The van der Waals surface area contributed by atoms with Crippen LogP contribution in [-0.4, -0.2) is 0 Å². The van der Waals surface area contributed by atoms with E-state index in [2.05, 4.69) is 387 Å². The summed E-state index contributed by atoms with van der Waals surface area (Å²) in [5.41, 5.74) is 37.2. The van der Waals surface area contributed by atoms with Gasteiger partial charge in [-0.3, -0.25) is 0 Å². The van der Waals surface area contributed by atoms with Crippen LogP contribution in [0.3, 0.4) is 0 Å². The van der Waals surface area contributed by atoms with Crippen LogP contribution in [-0.2, 0) is 21.7 Å². The summed E-state index contributed by atoms with van der Waals surface area (Å²) in [6.07, 6.45) is 16.3. The maximum Gasteiger partial charge on any atom is 0.0443 e. The van der Waals surface area contributed by atoms with E-state index in [0.29, 0.717) is 0 Å². The zero-order valence-corrected chi connectivity index (χ0v) is 72.3.